The molecule has 0 spiro atoms. The number of methoxy groups -OCH3 is 2. The van der Waals surface area contributed by atoms with Crippen molar-refractivity contribution in [2.45, 2.75) is 6.92 Å². The molecule has 0 fully saturated rings. The highest BCUT2D eigenvalue weighted by molar-refractivity contribution is 5.61. The van der Waals surface area contributed by atoms with E-state index < -0.39 is 4.92 Å². The van der Waals surface area contributed by atoms with Crippen molar-refractivity contribution in [3.8, 4) is 23.0 Å². The van der Waals surface area contributed by atoms with Crippen LogP contribution in [0.25, 0.3) is 0 Å². The van der Waals surface area contributed by atoms with Gasteiger partial charge in [0.2, 0.25) is 11.5 Å². The van der Waals surface area contributed by atoms with Crippen LogP contribution in [0.4, 0.5) is 5.69 Å². The number of hydrogen-bond donors (Lipinski definition) is 0. The van der Waals surface area contributed by atoms with Gasteiger partial charge in [-0.3, -0.25) is 10.1 Å². The SMILES string of the molecule is COc1cc(Oc2ccc(C)cc2)cc(OC)c1[N+](=O)[O-]. The summed E-state index contributed by atoms with van der Waals surface area (Å²) in [6, 6.07) is 10.4. The fourth-order valence-corrected chi connectivity index (χ4v) is 1.85. The lowest BCUT2D eigenvalue weighted by molar-refractivity contribution is -0.386. The molecule has 0 heterocycles. The first-order chi connectivity index (χ1) is 10.0. The zero-order chi connectivity index (χ0) is 15.4. The normalized spacial score (nSPS) is 10.0. The summed E-state index contributed by atoms with van der Waals surface area (Å²) in [5.41, 5.74) is 0.887. The molecule has 2 rings (SSSR count). The molecule has 110 valence electrons. The van der Waals surface area contributed by atoms with Gasteiger partial charge in [-0.2, -0.15) is 0 Å². The molecule has 6 nitrogen and oxygen atoms in total. The van der Waals surface area contributed by atoms with Crippen molar-refractivity contribution in [2.24, 2.45) is 0 Å². The van der Waals surface area contributed by atoms with Gasteiger partial charge in [-0.15, -0.1) is 0 Å². The molecule has 0 saturated carbocycles. The first-order valence-corrected chi connectivity index (χ1v) is 6.20. The average Bonchev–Trinajstić information content (AvgIpc) is 2.48. The summed E-state index contributed by atoms with van der Waals surface area (Å²) in [4.78, 5) is 10.5. The smallest absolute Gasteiger partial charge is 0.352 e. The molecule has 6 heteroatoms. The van der Waals surface area contributed by atoms with E-state index in [1.165, 1.54) is 26.4 Å². The number of hydrogen-bond acceptors (Lipinski definition) is 5. The predicted molar refractivity (Wildman–Crippen MR) is 77.5 cm³/mol. The standard InChI is InChI=1S/C15H15NO5/c1-10-4-6-11(7-5-10)21-12-8-13(19-2)15(16(17)18)14(9-12)20-3/h4-9H,1-3H3. The van der Waals surface area contributed by atoms with Gasteiger partial charge < -0.3 is 14.2 Å². The van der Waals surface area contributed by atoms with Crippen LogP contribution >= 0.6 is 0 Å². The lowest BCUT2D eigenvalue weighted by Gasteiger charge is -2.11. The molecule has 0 N–H and O–H groups in total. The molecule has 2 aromatic rings. The minimum atomic E-state index is -0.548. The molecule has 0 amide bonds. The maximum absolute atomic E-state index is 11.1. The molecule has 0 bridgehead atoms. The number of benzene rings is 2. The number of aryl methyl sites for hydroxylation is 1. The lowest BCUT2D eigenvalue weighted by atomic mass is 10.2. The largest absolute Gasteiger partial charge is 0.490 e. The van der Waals surface area contributed by atoms with Gasteiger partial charge >= 0.3 is 5.69 Å². The average molecular weight is 289 g/mol. The third-order valence-corrected chi connectivity index (χ3v) is 2.89. The molecule has 2 aromatic carbocycles. The molecule has 0 atom stereocenters. The van der Waals surface area contributed by atoms with Gasteiger partial charge in [0.05, 0.1) is 19.1 Å². The van der Waals surface area contributed by atoms with E-state index in [0.29, 0.717) is 11.5 Å². The van der Waals surface area contributed by atoms with Crippen LogP contribution in [-0.4, -0.2) is 19.1 Å². The minimum Gasteiger partial charge on any atom is -0.490 e. The second-order valence-corrected chi connectivity index (χ2v) is 4.35. The number of ether oxygens (including phenoxy) is 3. The van der Waals surface area contributed by atoms with Crippen LogP contribution in [0.3, 0.4) is 0 Å². The maximum Gasteiger partial charge on any atom is 0.352 e. The van der Waals surface area contributed by atoms with Gasteiger partial charge in [0, 0.05) is 12.1 Å². The van der Waals surface area contributed by atoms with Gasteiger partial charge in [0.15, 0.2) is 0 Å². The highest BCUT2D eigenvalue weighted by atomic mass is 16.6. The summed E-state index contributed by atoms with van der Waals surface area (Å²) >= 11 is 0. The Morgan fingerprint density at radius 2 is 1.48 bits per heavy atom. The molecule has 0 aromatic heterocycles. The van der Waals surface area contributed by atoms with Crippen LogP contribution in [0.5, 0.6) is 23.0 Å². The first-order valence-electron chi connectivity index (χ1n) is 6.20. The molecule has 0 aliphatic carbocycles. The van der Waals surface area contributed by atoms with E-state index in [4.69, 9.17) is 14.2 Å². The third kappa shape index (κ3) is 3.22. The van der Waals surface area contributed by atoms with Gasteiger partial charge in [0.25, 0.3) is 0 Å². The summed E-state index contributed by atoms with van der Waals surface area (Å²) in [5, 5.41) is 11.1. The Balaban J connectivity index is 2.40. The summed E-state index contributed by atoms with van der Waals surface area (Å²) in [6.07, 6.45) is 0. The fraction of sp³-hybridized carbons (Fsp3) is 0.200. The van der Waals surface area contributed by atoms with Gasteiger partial charge in [-0.05, 0) is 19.1 Å². The van der Waals surface area contributed by atoms with Gasteiger partial charge in [0.1, 0.15) is 11.5 Å². The number of nitrogens with zero attached hydrogens (tertiary/aromatic N) is 1. The van der Waals surface area contributed by atoms with Crippen LogP contribution in [0.15, 0.2) is 36.4 Å². The van der Waals surface area contributed by atoms with E-state index in [9.17, 15) is 10.1 Å². The quantitative estimate of drug-likeness (QED) is 0.619. The van der Waals surface area contributed by atoms with Crippen LogP contribution in [0.2, 0.25) is 0 Å². The van der Waals surface area contributed by atoms with E-state index in [2.05, 4.69) is 0 Å². The van der Waals surface area contributed by atoms with E-state index in [1.807, 2.05) is 31.2 Å². The Morgan fingerprint density at radius 3 is 1.90 bits per heavy atom. The van der Waals surface area contributed by atoms with Crippen LogP contribution in [-0.2, 0) is 0 Å². The van der Waals surface area contributed by atoms with Crippen molar-refractivity contribution in [3.05, 3.63) is 52.1 Å². The number of nitro benzene ring substituents is 1. The summed E-state index contributed by atoms with van der Waals surface area (Å²) in [5.74, 6) is 1.19. The van der Waals surface area contributed by atoms with Crippen molar-refractivity contribution >= 4 is 5.69 Å². The molecule has 0 unspecified atom stereocenters. The lowest BCUT2D eigenvalue weighted by Crippen LogP contribution is -1.98. The first kappa shape index (κ1) is 14.6. The highest BCUT2D eigenvalue weighted by Gasteiger charge is 2.24. The van der Waals surface area contributed by atoms with Crippen molar-refractivity contribution in [1.29, 1.82) is 0 Å². The molecule has 0 aliphatic rings. The second-order valence-electron chi connectivity index (χ2n) is 4.35. The summed E-state index contributed by atoms with van der Waals surface area (Å²) in [6.45, 7) is 1.97. The molecular formula is C15H15NO5. The molecule has 21 heavy (non-hydrogen) atoms. The Kier molecular flexibility index (Phi) is 4.27. The monoisotopic (exact) mass is 289 g/mol. The summed E-state index contributed by atoms with van der Waals surface area (Å²) in [7, 11) is 2.72. The van der Waals surface area contributed by atoms with E-state index in [0.717, 1.165) is 5.56 Å². The van der Waals surface area contributed by atoms with E-state index >= 15 is 0 Å². The highest BCUT2D eigenvalue weighted by Crippen LogP contribution is 2.41. The minimum absolute atomic E-state index is 0.0847. The Morgan fingerprint density at radius 1 is 0.952 bits per heavy atom. The van der Waals surface area contributed by atoms with Crippen molar-refractivity contribution in [3.63, 3.8) is 0 Å². The summed E-state index contributed by atoms with van der Waals surface area (Å²) < 4.78 is 15.8. The van der Waals surface area contributed by atoms with Crippen LogP contribution in [0.1, 0.15) is 5.56 Å². The van der Waals surface area contributed by atoms with Crippen molar-refractivity contribution in [1.82, 2.24) is 0 Å². The second kappa shape index (κ2) is 6.13. The Bertz CT molecular complexity index is 627. The zero-order valence-electron chi connectivity index (χ0n) is 12.0. The Hall–Kier alpha value is -2.76. The molecule has 0 saturated heterocycles. The Labute approximate surface area is 122 Å². The van der Waals surface area contributed by atoms with E-state index in [1.54, 1.807) is 0 Å². The van der Waals surface area contributed by atoms with E-state index in [-0.39, 0.29) is 17.2 Å². The predicted octanol–water partition coefficient (Wildman–Crippen LogP) is 3.71. The fourth-order valence-electron chi connectivity index (χ4n) is 1.85. The van der Waals surface area contributed by atoms with Gasteiger partial charge in [-0.25, -0.2) is 0 Å². The van der Waals surface area contributed by atoms with Crippen molar-refractivity contribution < 1.29 is 19.1 Å². The number of rotatable bonds is 5. The number of nitro groups is 1. The van der Waals surface area contributed by atoms with Crippen LogP contribution in [0, 0.1) is 17.0 Å². The zero-order valence-corrected chi connectivity index (χ0v) is 12.0. The van der Waals surface area contributed by atoms with Crippen LogP contribution < -0.4 is 14.2 Å². The van der Waals surface area contributed by atoms with Gasteiger partial charge in [-0.1, -0.05) is 17.7 Å². The molecule has 0 radical (unpaired) electrons. The molecule has 0 aliphatic heterocycles. The molecular weight excluding hydrogens is 274 g/mol. The topological polar surface area (TPSA) is 70.8 Å². The maximum atomic E-state index is 11.1. The van der Waals surface area contributed by atoms with Crippen molar-refractivity contribution in [2.75, 3.05) is 14.2 Å². The third-order valence-electron chi connectivity index (χ3n) is 2.89.